The molecule has 5 rings (SSSR count). The van der Waals surface area contributed by atoms with Crippen LogP contribution in [-0.2, 0) is 6.54 Å². The lowest BCUT2D eigenvalue weighted by Gasteiger charge is -2.12. The molecular weight excluding hydrogens is 378 g/mol. The third-order valence-corrected chi connectivity index (χ3v) is 5.12. The van der Waals surface area contributed by atoms with E-state index in [1.165, 1.54) is 6.33 Å². The first-order valence-electron chi connectivity index (χ1n) is 10.0. The molecule has 7 nitrogen and oxygen atoms in total. The van der Waals surface area contributed by atoms with E-state index < -0.39 is 0 Å². The fraction of sp³-hybridized carbons (Fsp3) is 0.217. The molecular formula is C23H21N5O2. The summed E-state index contributed by atoms with van der Waals surface area (Å²) in [5, 5.41) is 7.92. The first-order valence-corrected chi connectivity index (χ1v) is 10.0. The van der Waals surface area contributed by atoms with E-state index >= 15 is 0 Å². The van der Waals surface area contributed by atoms with E-state index in [-0.39, 0.29) is 5.91 Å². The number of amides is 1. The van der Waals surface area contributed by atoms with Gasteiger partial charge in [0.2, 0.25) is 0 Å². The van der Waals surface area contributed by atoms with Gasteiger partial charge in [0, 0.05) is 28.8 Å². The summed E-state index contributed by atoms with van der Waals surface area (Å²) in [6.07, 6.45) is 5.42. The van der Waals surface area contributed by atoms with E-state index in [0.29, 0.717) is 36.1 Å². The number of carbonyl (C=O) groups excluding carboxylic acids is 1. The molecule has 4 aromatic rings. The van der Waals surface area contributed by atoms with E-state index in [1.807, 2.05) is 54.6 Å². The van der Waals surface area contributed by atoms with Crippen molar-refractivity contribution in [3.05, 3.63) is 78.5 Å². The van der Waals surface area contributed by atoms with Gasteiger partial charge < -0.3 is 10.1 Å². The Labute approximate surface area is 173 Å². The molecule has 0 atom stereocenters. The number of nitrogens with zero attached hydrogens (tertiary/aromatic N) is 4. The molecule has 0 saturated heterocycles. The maximum absolute atomic E-state index is 13.1. The van der Waals surface area contributed by atoms with Gasteiger partial charge in [-0.15, -0.1) is 0 Å². The zero-order valence-electron chi connectivity index (χ0n) is 16.4. The predicted molar refractivity (Wildman–Crippen MR) is 114 cm³/mol. The van der Waals surface area contributed by atoms with E-state index in [1.54, 1.807) is 11.0 Å². The number of anilines is 1. The van der Waals surface area contributed by atoms with Gasteiger partial charge in [0.15, 0.2) is 0 Å². The minimum atomic E-state index is -0.143. The van der Waals surface area contributed by atoms with Crippen LogP contribution in [0.25, 0.3) is 10.9 Å². The first kappa shape index (κ1) is 18.3. The Kier molecular flexibility index (Phi) is 4.85. The van der Waals surface area contributed by atoms with Crippen LogP contribution < -0.4 is 10.1 Å². The van der Waals surface area contributed by atoms with Crippen molar-refractivity contribution in [2.45, 2.75) is 25.3 Å². The molecule has 30 heavy (non-hydrogen) atoms. The smallest absolute Gasteiger partial charge is 0.256 e. The second-order valence-corrected chi connectivity index (χ2v) is 7.38. The van der Waals surface area contributed by atoms with Crippen molar-refractivity contribution in [2.75, 3.05) is 11.9 Å². The normalized spacial score (nSPS) is 13.3. The fourth-order valence-corrected chi connectivity index (χ4v) is 3.44. The fourth-order valence-electron chi connectivity index (χ4n) is 3.44. The van der Waals surface area contributed by atoms with Crippen LogP contribution in [0.5, 0.6) is 5.75 Å². The Balaban J connectivity index is 1.33. The molecule has 7 heteroatoms. The molecule has 150 valence electrons. The van der Waals surface area contributed by atoms with Gasteiger partial charge in [-0.2, -0.15) is 5.10 Å². The first-order chi connectivity index (χ1) is 14.8. The number of ether oxygens (including phenoxy) is 1. The highest BCUT2D eigenvalue weighted by atomic mass is 16.5. The topological polar surface area (TPSA) is 81.9 Å². The minimum Gasteiger partial charge on any atom is -0.492 e. The Morgan fingerprint density at radius 1 is 1.13 bits per heavy atom. The van der Waals surface area contributed by atoms with Gasteiger partial charge in [0.25, 0.3) is 5.91 Å². The summed E-state index contributed by atoms with van der Waals surface area (Å²) in [6.45, 7) is 1.06. The summed E-state index contributed by atoms with van der Waals surface area (Å²) >= 11 is 0. The zero-order chi connectivity index (χ0) is 20.3. The number of pyridine rings is 1. The molecule has 1 amide bonds. The maximum atomic E-state index is 13.1. The van der Waals surface area contributed by atoms with E-state index in [4.69, 9.17) is 9.72 Å². The average molecular weight is 399 g/mol. The van der Waals surface area contributed by atoms with E-state index in [0.717, 1.165) is 29.4 Å². The van der Waals surface area contributed by atoms with Crippen LogP contribution in [0.2, 0.25) is 0 Å². The molecule has 1 aliphatic carbocycles. The van der Waals surface area contributed by atoms with Crippen LogP contribution in [0.1, 0.15) is 34.8 Å². The van der Waals surface area contributed by atoms with Crippen LogP contribution in [0, 0.1) is 0 Å². The summed E-state index contributed by atoms with van der Waals surface area (Å²) < 4.78 is 7.49. The SMILES string of the molecule is O=C(Nc1cccc(OCCn2cncn2)c1)c1cc(C2CC2)nc2ccccc12. The molecule has 2 aromatic heterocycles. The van der Waals surface area contributed by atoms with Crippen molar-refractivity contribution in [2.24, 2.45) is 0 Å². The van der Waals surface area contributed by atoms with Crippen LogP contribution in [0.3, 0.4) is 0 Å². The molecule has 1 N–H and O–H groups in total. The molecule has 0 bridgehead atoms. The molecule has 0 unspecified atom stereocenters. The lowest BCUT2D eigenvalue weighted by molar-refractivity contribution is 0.102. The van der Waals surface area contributed by atoms with Gasteiger partial charge in [-0.3, -0.25) is 9.78 Å². The third-order valence-electron chi connectivity index (χ3n) is 5.12. The van der Waals surface area contributed by atoms with Crippen LogP contribution in [0.4, 0.5) is 5.69 Å². The van der Waals surface area contributed by atoms with Gasteiger partial charge in [-0.25, -0.2) is 9.67 Å². The summed E-state index contributed by atoms with van der Waals surface area (Å²) in [5.74, 6) is 1.02. The minimum absolute atomic E-state index is 0.143. The number of fused-ring (bicyclic) bond motifs is 1. The lowest BCUT2D eigenvalue weighted by atomic mass is 10.1. The molecule has 0 aliphatic heterocycles. The highest BCUT2D eigenvalue weighted by Gasteiger charge is 2.27. The largest absolute Gasteiger partial charge is 0.492 e. The van der Waals surface area contributed by atoms with Crippen molar-refractivity contribution < 1.29 is 9.53 Å². The average Bonchev–Trinajstić information content (AvgIpc) is 3.49. The van der Waals surface area contributed by atoms with Gasteiger partial charge in [0.1, 0.15) is 25.0 Å². The number of hydrogen-bond donors (Lipinski definition) is 1. The van der Waals surface area contributed by atoms with E-state index in [9.17, 15) is 4.79 Å². The monoisotopic (exact) mass is 399 g/mol. The van der Waals surface area contributed by atoms with Crippen LogP contribution >= 0.6 is 0 Å². The Hall–Kier alpha value is -3.74. The van der Waals surface area contributed by atoms with Gasteiger partial charge >= 0.3 is 0 Å². The zero-order valence-corrected chi connectivity index (χ0v) is 16.4. The molecule has 2 heterocycles. The summed E-state index contributed by atoms with van der Waals surface area (Å²) in [4.78, 5) is 21.8. The number of hydrogen-bond acceptors (Lipinski definition) is 5. The number of para-hydroxylation sites is 1. The number of aromatic nitrogens is 4. The van der Waals surface area contributed by atoms with Crippen molar-refractivity contribution >= 4 is 22.5 Å². The Bertz CT molecular complexity index is 1190. The molecule has 0 radical (unpaired) electrons. The second-order valence-electron chi connectivity index (χ2n) is 7.38. The van der Waals surface area contributed by atoms with E-state index in [2.05, 4.69) is 15.4 Å². The molecule has 2 aromatic carbocycles. The molecule has 1 saturated carbocycles. The van der Waals surface area contributed by atoms with Crippen molar-refractivity contribution in [1.82, 2.24) is 19.7 Å². The number of rotatable bonds is 7. The molecule has 0 spiro atoms. The third kappa shape index (κ3) is 4.00. The lowest BCUT2D eigenvalue weighted by Crippen LogP contribution is -2.14. The van der Waals surface area contributed by atoms with Crippen LogP contribution in [-0.4, -0.2) is 32.3 Å². The second kappa shape index (κ2) is 7.94. The van der Waals surface area contributed by atoms with Crippen LogP contribution in [0.15, 0.2) is 67.3 Å². The maximum Gasteiger partial charge on any atom is 0.256 e. The van der Waals surface area contributed by atoms with Crippen molar-refractivity contribution in [1.29, 1.82) is 0 Å². The van der Waals surface area contributed by atoms with Crippen molar-refractivity contribution in [3.63, 3.8) is 0 Å². The molecule has 1 aliphatic rings. The molecule has 1 fully saturated rings. The standard InChI is InChI=1S/C23H21N5O2/c29-23(20-13-22(16-8-9-16)27-21-7-2-1-6-19(20)21)26-17-4-3-5-18(12-17)30-11-10-28-15-24-14-25-28/h1-7,12-16H,8-11H2,(H,26,29). The Morgan fingerprint density at radius 3 is 2.87 bits per heavy atom. The quantitative estimate of drug-likeness (QED) is 0.507. The summed E-state index contributed by atoms with van der Waals surface area (Å²) in [7, 11) is 0. The number of nitrogens with one attached hydrogen (secondary N) is 1. The summed E-state index contributed by atoms with van der Waals surface area (Å²) in [5.41, 5.74) is 3.20. The summed E-state index contributed by atoms with van der Waals surface area (Å²) in [6, 6.07) is 17.1. The highest BCUT2D eigenvalue weighted by molar-refractivity contribution is 6.12. The van der Waals surface area contributed by atoms with Crippen molar-refractivity contribution in [3.8, 4) is 5.75 Å². The Morgan fingerprint density at radius 2 is 2.03 bits per heavy atom. The number of carbonyl (C=O) groups is 1. The predicted octanol–water partition coefficient (Wildman–Crippen LogP) is 4.04. The highest BCUT2D eigenvalue weighted by Crippen LogP contribution is 2.40. The van der Waals surface area contributed by atoms with Gasteiger partial charge in [-0.05, 0) is 37.1 Å². The van der Waals surface area contributed by atoms with Gasteiger partial charge in [-0.1, -0.05) is 24.3 Å². The van der Waals surface area contributed by atoms with Gasteiger partial charge in [0.05, 0.1) is 17.6 Å². The number of benzene rings is 2.